The molecule has 126 valence electrons. The van der Waals surface area contributed by atoms with Gasteiger partial charge in [0.05, 0.1) is 25.9 Å². The van der Waals surface area contributed by atoms with Gasteiger partial charge in [0.25, 0.3) is 0 Å². The number of ether oxygens (including phenoxy) is 2. The predicted molar refractivity (Wildman–Crippen MR) is 84.9 cm³/mol. The molecule has 22 heavy (non-hydrogen) atoms. The van der Waals surface area contributed by atoms with E-state index in [1.54, 1.807) is 14.1 Å². The first-order valence-electron chi connectivity index (χ1n) is 8.08. The lowest BCUT2D eigenvalue weighted by Crippen LogP contribution is -2.49. The van der Waals surface area contributed by atoms with E-state index in [2.05, 4.69) is 20.5 Å². The third kappa shape index (κ3) is 5.14. The van der Waals surface area contributed by atoms with E-state index < -0.39 is 0 Å². The third-order valence-corrected chi connectivity index (χ3v) is 4.25. The van der Waals surface area contributed by atoms with E-state index in [1.165, 1.54) is 0 Å². The molecule has 2 aliphatic rings. The van der Waals surface area contributed by atoms with Crippen LogP contribution in [0.1, 0.15) is 19.3 Å². The molecule has 2 rings (SSSR count). The average molecular weight is 312 g/mol. The summed E-state index contributed by atoms with van der Waals surface area (Å²) < 4.78 is 11.0. The highest BCUT2D eigenvalue weighted by Gasteiger charge is 2.23. The van der Waals surface area contributed by atoms with Gasteiger partial charge in [0.1, 0.15) is 0 Å². The number of aliphatic imine (C=N–C) groups is 1. The summed E-state index contributed by atoms with van der Waals surface area (Å²) in [6.45, 7) is 4.57. The SMILES string of the molecule is CN=C(NCC1COCCO1)N1CCC(CC(=O)NC)CC1. The molecule has 0 aromatic carbocycles. The lowest BCUT2D eigenvalue weighted by molar-refractivity contribution is -0.121. The largest absolute Gasteiger partial charge is 0.376 e. The van der Waals surface area contributed by atoms with E-state index in [1.807, 2.05) is 0 Å². The van der Waals surface area contributed by atoms with E-state index >= 15 is 0 Å². The fourth-order valence-electron chi connectivity index (χ4n) is 2.90. The van der Waals surface area contributed by atoms with Crippen LogP contribution in [0.5, 0.6) is 0 Å². The summed E-state index contributed by atoms with van der Waals surface area (Å²) in [6.07, 6.45) is 2.77. The lowest BCUT2D eigenvalue weighted by Gasteiger charge is -2.34. The van der Waals surface area contributed by atoms with E-state index in [0.29, 0.717) is 38.7 Å². The van der Waals surface area contributed by atoms with Gasteiger partial charge in [-0.15, -0.1) is 0 Å². The highest BCUT2D eigenvalue weighted by Crippen LogP contribution is 2.20. The van der Waals surface area contributed by atoms with E-state index in [-0.39, 0.29) is 12.0 Å². The molecule has 7 heteroatoms. The number of hydrogen-bond acceptors (Lipinski definition) is 4. The van der Waals surface area contributed by atoms with Crippen LogP contribution in [0.25, 0.3) is 0 Å². The molecule has 0 radical (unpaired) electrons. The van der Waals surface area contributed by atoms with Crippen molar-refractivity contribution in [3.05, 3.63) is 0 Å². The van der Waals surface area contributed by atoms with Crippen LogP contribution in [-0.4, -0.2) is 76.4 Å². The van der Waals surface area contributed by atoms with Gasteiger partial charge in [-0.2, -0.15) is 0 Å². The van der Waals surface area contributed by atoms with Crippen molar-refractivity contribution >= 4 is 11.9 Å². The number of piperidine rings is 1. The average Bonchev–Trinajstić information content (AvgIpc) is 2.57. The van der Waals surface area contributed by atoms with Crippen molar-refractivity contribution in [1.29, 1.82) is 0 Å². The number of nitrogens with zero attached hydrogens (tertiary/aromatic N) is 2. The van der Waals surface area contributed by atoms with Crippen LogP contribution in [0, 0.1) is 5.92 Å². The molecule has 2 saturated heterocycles. The second kappa shape index (κ2) is 8.95. The van der Waals surface area contributed by atoms with Gasteiger partial charge in [-0.1, -0.05) is 0 Å². The standard InChI is InChI=1S/C15H28N4O3/c1-16-14(20)9-12-3-5-19(6-4-12)15(17-2)18-10-13-11-21-7-8-22-13/h12-13H,3-11H2,1-2H3,(H,16,20)(H,17,18). The van der Waals surface area contributed by atoms with Crippen LogP contribution in [0.4, 0.5) is 0 Å². The monoisotopic (exact) mass is 312 g/mol. The van der Waals surface area contributed by atoms with E-state index in [9.17, 15) is 4.79 Å². The van der Waals surface area contributed by atoms with Gasteiger partial charge >= 0.3 is 0 Å². The summed E-state index contributed by atoms with van der Waals surface area (Å²) in [5.74, 6) is 1.52. The van der Waals surface area contributed by atoms with Gasteiger partial charge in [-0.25, -0.2) is 0 Å². The zero-order valence-corrected chi connectivity index (χ0v) is 13.6. The predicted octanol–water partition coefficient (Wildman–Crippen LogP) is -0.175. The minimum atomic E-state index is 0.0938. The highest BCUT2D eigenvalue weighted by atomic mass is 16.6. The number of amides is 1. The number of rotatable bonds is 4. The summed E-state index contributed by atoms with van der Waals surface area (Å²) in [5, 5.41) is 6.07. The second-order valence-electron chi connectivity index (χ2n) is 5.80. The molecule has 7 nitrogen and oxygen atoms in total. The molecule has 0 aromatic heterocycles. The van der Waals surface area contributed by atoms with Gasteiger partial charge < -0.3 is 25.0 Å². The maximum absolute atomic E-state index is 11.4. The smallest absolute Gasteiger partial charge is 0.220 e. The number of carbonyl (C=O) groups is 1. The maximum atomic E-state index is 11.4. The Morgan fingerprint density at radius 2 is 2.09 bits per heavy atom. The van der Waals surface area contributed by atoms with Gasteiger partial charge in [-0.05, 0) is 18.8 Å². The van der Waals surface area contributed by atoms with Crippen molar-refractivity contribution in [1.82, 2.24) is 15.5 Å². The normalized spacial score (nSPS) is 24.2. The number of hydrogen-bond donors (Lipinski definition) is 2. The Bertz CT molecular complexity index is 375. The fourth-order valence-corrected chi connectivity index (χ4v) is 2.90. The molecule has 0 spiro atoms. The molecule has 1 amide bonds. The summed E-state index contributed by atoms with van der Waals surface area (Å²) in [6, 6.07) is 0. The number of guanidine groups is 1. The molecule has 2 fully saturated rings. The van der Waals surface area contributed by atoms with Crippen LogP contribution in [0.3, 0.4) is 0 Å². The van der Waals surface area contributed by atoms with Gasteiger partial charge in [-0.3, -0.25) is 9.79 Å². The quantitative estimate of drug-likeness (QED) is 0.557. The Kier molecular flexibility index (Phi) is 6.92. The Hall–Kier alpha value is -1.34. The molecule has 0 aliphatic carbocycles. The van der Waals surface area contributed by atoms with Crippen LogP contribution in [0.15, 0.2) is 4.99 Å². The number of carbonyl (C=O) groups excluding carboxylic acids is 1. The summed E-state index contributed by atoms with van der Waals surface area (Å²) in [5.41, 5.74) is 0. The minimum Gasteiger partial charge on any atom is -0.376 e. The van der Waals surface area contributed by atoms with Crippen LogP contribution < -0.4 is 10.6 Å². The molecule has 0 bridgehead atoms. The molecular weight excluding hydrogens is 284 g/mol. The number of nitrogens with one attached hydrogen (secondary N) is 2. The highest BCUT2D eigenvalue weighted by molar-refractivity contribution is 5.80. The Balaban J connectivity index is 1.72. The first-order valence-corrected chi connectivity index (χ1v) is 8.08. The summed E-state index contributed by atoms with van der Waals surface area (Å²) in [7, 11) is 3.50. The van der Waals surface area contributed by atoms with Crippen molar-refractivity contribution in [2.75, 3.05) is 53.6 Å². The Morgan fingerprint density at radius 3 is 2.68 bits per heavy atom. The Labute approximate surface area is 132 Å². The third-order valence-electron chi connectivity index (χ3n) is 4.25. The molecule has 2 N–H and O–H groups in total. The minimum absolute atomic E-state index is 0.0938. The molecule has 1 atom stereocenters. The topological polar surface area (TPSA) is 75.2 Å². The van der Waals surface area contributed by atoms with Crippen LogP contribution in [0.2, 0.25) is 0 Å². The van der Waals surface area contributed by atoms with Crippen molar-refractivity contribution in [3.63, 3.8) is 0 Å². The van der Waals surface area contributed by atoms with Crippen LogP contribution in [-0.2, 0) is 14.3 Å². The first kappa shape index (κ1) is 17.0. The van der Waals surface area contributed by atoms with Crippen LogP contribution >= 0.6 is 0 Å². The summed E-state index contributed by atoms with van der Waals surface area (Å²) >= 11 is 0. The van der Waals surface area contributed by atoms with Crippen molar-refractivity contribution in [3.8, 4) is 0 Å². The van der Waals surface area contributed by atoms with Gasteiger partial charge in [0, 0.05) is 40.2 Å². The van der Waals surface area contributed by atoms with Gasteiger partial charge in [0.2, 0.25) is 5.91 Å². The maximum Gasteiger partial charge on any atom is 0.220 e. The lowest BCUT2D eigenvalue weighted by atomic mass is 9.93. The van der Waals surface area contributed by atoms with Gasteiger partial charge in [0.15, 0.2) is 5.96 Å². The van der Waals surface area contributed by atoms with Crippen molar-refractivity contribution in [2.24, 2.45) is 10.9 Å². The first-order chi connectivity index (χ1) is 10.7. The Morgan fingerprint density at radius 1 is 1.32 bits per heavy atom. The van der Waals surface area contributed by atoms with E-state index in [4.69, 9.17) is 9.47 Å². The fraction of sp³-hybridized carbons (Fsp3) is 0.867. The van der Waals surface area contributed by atoms with Crippen molar-refractivity contribution < 1.29 is 14.3 Å². The molecule has 1 unspecified atom stereocenters. The molecule has 2 heterocycles. The molecule has 0 saturated carbocycles. The molecular formula is C15H28N4O3. The van der Waals surface area contributed by atoms with Crippen molar-refractivity contribution in [2.45, 2.75) is 25.4 Å². The van der Waals surface area contributed by atoms with E-state index in [0.717, 1.165) is 31.9 Å². The zero-order chi connectivity index (χ0) is 15.8. The molecule has 2 aliphatic heterocycles. The summed E-state index contributed by atoms with van der Waals surface area (Å²) in [4.78, 5) is 18.1. The zero-order valence-electron chi connectivity index (χ0n) is 13.6. The number of likely N-dealkylation sites (tertiary alicyclic amines) is 1. The molecule has 0 aromatic rings. The second-order valence-corrected chi connectivity index (χ2v) is 5.80.